The first-order chi connectivity index (χ1) is 10.1. The highest BCUT2D eigenvalue weighted by atomic mass is 127. The molecule has 1 aliphatic heterocycles. The average Bonchev–Trinajstić information content (AvgIpc) is 2.83. The third kappa shape index (κ3) is 3.18. The van der Waals surface area contributed by atoms with Crippen LogP contribution in [-0.2, 0) is 9.53 Å². The molecule has 5 heteroatoms. The van der Waals surface area contributed by atoms with Crippen LogP contribution >= 0.6 is 22.6 Å². The van der Waals surface area contributed by atoms with E-state index in [1.807, 2.05) is 24.3 Å². The molecule has 1 aliphatic rings. The lowest BCUT2D eigenvalue weighted by Crippen LogP contribution is -2.05. The highest BCUT2D eigenvalue weighted by Crippen LogP contribution is 2.20. The summed E-state index contributed by atoms with van der Waals surface area (Å²) in [7, 11) is 0. The maximum Gasteiger partial charge on any atom is 0.363 e. The minimum Gasteiger partial charge on any atom is -0.402 e. The van der Waals surface area contributed by atoms with E-state index in [9.17, 15) is 9.18 Å². The zero-order valence-electron chi connectivity index (χ0n) is 10.7. The maximum atomic E-state index is 12.9. The molecule has 0 bridgehead atoms. The van der Waals surface area contributed by atoms with Gasteiger partial charge in [-0.05, 0) is 64.6 Å². The van der Waals surface area contributed by atoms with Gasteiger partial charge in [0.25, 0.3) is 0 Å². The molecule has 0 saturated heterocycles. The molecule has 0 radical (unpaired) electrons. The van der Waals surface area contributed by atoms with Crippen LogP contribution in [0.25, 0.3) is 6.08 Å². The predicted octanol–water partition coefficient (Wildman–Crippen LogP) is 3.77. The standard InChI is InChI=1S/C16H9FINO2/c17-12-6-4-10(5-7-12)8-14-16(20)21-15(19-14)11-2-1-3-13(18)9-11/h1-9H/b14-8-. The quantitative estimate of drug-likeness (QED) is 0.443. The van der Waals surface area contributed by atoms with Gasteiger partial charge < -0.3 is 4.74 Å². The number of benzene rings is 2. The monoisotopic (exact) mass is 393 g/mol. The molecular formula is C16H9FINO2. The number of carbonyl (C=O) groups excluding carboxylic acids is 1. The van der Waals surface area contributed by atoms with Crippen LogP contribution < -0.4 is 0 Å². The number of carbonyl (C=O) groups is 1. The van der Waals surface area contributed by atoms with Crippen LogP contribution in [0.1, 0.15) is 11.1 Å². The van der Waals surface area contributed by atoms with E-state index in [-0.39, 0.29) is 17.4 Å². The van der Waals surface area contributed by atoms with E-state index in [0.717, 1.165) is 9.13 Å². The van der Waals surface area contributed by atoms with Gasteiger partial charge in [-0.2, -0.15) is 0 Å². The van der Waals surface area contributed by atoms with Crippen LogP contribution in [0, 0.1) is 9.39 Å². The van der Waals surface area contributed by atoms with Crippen molar-refractivity contribution in [2.24, 2.45) is 4.99 Å². The van der Waals surface area contributed by atoms with E-state index in [4.69, 9.17) is 4.74 Å². The highest BCUT2D eigenvalue weighted by Gasteiger charge is 2.24. The number of hydrogen-bond acceptors (Lipinski definition) is 3. The Hall–Kier alpha value is -2.02. The second-order valence-corrected chi connectivity index (χ2v) is 5.64. The van der Waals surface area contributed by atoms with Crippen molar-refractivity contribution in [3.05, 3.63) is 74.7 Å². The Bertz CT molecular complexity index is 766. The number of cyclic esters (lactones) is 1. The Kier molecular flexibility index (Phi) is 3.83. The van der Waals surface area contributed by atoms with Gasteiger partial charge in [-0.15, -0.1) is 0 Å². The van der Waals surface area contributed by atoms with Gasteiger partial charge in [0.1, 0.15) is 5.82 Å². The molecule has 0 atom stereocenters. The summed E-state index contributed by atoms with van der Waals surface area (Å²) in [6.45, 7) is 0. The first kappa shape index (κ1) is 13.9. The van der Waals surface area contributed by atoms with Crippen LogP contribution in [0.3, 0.4) is 0 Å². The van der Waals surface area contributed by atoms with Gasteiger partial charge in [-0.3, -0.25) is 0 Å². The van der Waals surface area contributed by atoms with Gasteiger partial charge in [0, 0.05) is 9.13 Å². The third-order valence-corrected chi connectivity index (χ3v) is 3.54. The number of rotatable bonds is 2. The Morgan fingerprint density at radius 2 is 1.90 bits per heavy atom. The Morgan fingerprint density at radius 1 is 1.14 bits per heavy atom. The summed E-state index contributed by atoms with van der Waals surface area (Å²) in [5, 5.41) is 0. The van der Waals surface area contributed by atoms with Crippen LogP contribution in [0.15, 0.2) is 59.2 Å². The Balaban J connectivity index is 1.93. The van der Waals surface area contributed by atoms with Crippen LogP contribution in [0.2, 0.25) is 0 Å². The lowest BCUT2D eigenvalue weighted by atomic mass is 10.2. The fourth-order valence-corrected chi connectivity index (χ4v) is 2.41. The van der Waals surface area contributed by atoms with Crippen molar-refractivity contribution in [3.63, 3.8) is 0 Å². The Labute approximate surface area is 134 Å². The van der Waals surface area contributed by atoms with Gasteiger partial charge in [0.05, 0.1) is 0 Å². The normalized spacial score (nSPS) is 16.0. The van der Waals surface area contributed by atoms with E-state index in [1.165, 1.54) is 12.1 Å². The lowest BCUT2D eigenvalue weighted by Gasteiger charge is -1.99. The Morgan fingerprint density at radius 3 is 2.62 bits per heavy atom. The molecule has 2 aromatic carbocycles. The van der Waals surface area contributed by atoms with Crippen molar-refractivity contribution >= 4 is 40.5 Å². The number of hydrogen-bond donors (Lipinski definition) is 0. The highest BCUT2D eigenvalue weighted by molar-refractivity contribution is 14.1. The minimum atomic E-state index is -0.506. The minimum absolute atomic E-state index is 0.204. The van der Waals surface area contributed by atoms with Gasteiger partial charge in [-0.25, -0.2) is 14.2 Å². The second-order valence-electron chi connectivity index (χ2n) is 4.40. The van der Waals surface area contributed by atoms with Gasteiger partial charge >= 0.3 is 5.97 Å². The molecule has 0 fully saturated rings. The molecule has 3 nitrogen and oxygen atoms in total. The third-order valence-electron chi connectivity index (χ3n) is 2.87. The summed E-state index contributed by atoms with van der Waals surface area (Å²) in [6, 6.07) is 13.3. The van der Waals surface area contributed by atoms with Crippen LogP contribution in [0.5, 0.6) is 0 Å². The summed E-state index contributed by atoms with van der Waals surface area (Å²) in [4.78, 5) is 16.0. The number of aliphatic imine (C=N–C) groups is 1. The van der Waals surface area contributed by atoms with E-state index in [2.05, 4.69) is 27.6 Å². The molecule has 1 heterocycles. The van der Waals surface area contributed by atoms with Gasteiger partial charge in [0.15, 0.2) is 5.70 Å². The molecule has 0 spiro atoms. The molecule has 3 rings (SSSR count). The van der Waals surface area contributed by atoms with E-state index in [0.29, 0.717) is 5.56 Å². The smallest absolute Gasteiger partial charge is 0.363 e. The molecule has 0 aliphatic carbocycles. The van der Waals surface area contributed by atoms with Crippen molar-refractivity contribution in [1.82, 2.24) is 0 Å². The van der Waals surface area contributed by atoms with Gasteiger partial charge in [0.2, 0.25) is 5.90 Å². The molecular weight excluding hydrogens is 384 g/mol. The first-order valence-electron chi connectivity index (χ1n) is 6.16. The fourth-order valence-electron chi connectivity index (χ4n) is 1.87. The van der Waals surface area contributed by atoms with Crippen LogP contribution in [-0.4, -0.2) is 11.9 Å². The topological polar surface area (TPSA) is 38.7 Å². The predicted molar refractivity (Wildman–Crippen MR) is 86.2 cm³/mol. The second kappa shape index (κ2) is 5.77. The number of halogens is 2. The lowest BCUT2D eigenvalue weighted by molar-refractivity contribution is -0.129. The molecule has 0 amide bonds. The van der Waals surface area contributed by atoms with E-state index < -0.39 is 5.97 Å². The van der Waals surface area contributed by atoms with Crippen molar-refractivity contribution in [1.29, 1.82) is 0 Å². The zero-order valence-corrected chi connectivity index (χ0v) is 12.9. The zero-order chi connectivity index (χ0) is 14.8. The largest absolute Gasteiger partial charge is 0.402 e. The average molecular weight is 393 g/mol. The molecule has 0 saturated carbocycles. The van der Waals surface area contributed by atoms with Crippen LogP contribution in [0.4, 0.5) is 4.39 Å². The molecule has 0 N–H and O–H groups in total. The van der Waals surface area contributed by atoms with Crippen molar-refractivity contribution in [2.45, 2.75) is 0 Å². The number of nitrogens with zero attached hydrogens (tertiary/aromatic N) is 1. The van der Waals surface area contributed by atoms with Gasteiger partial charge in [-0.1, -0.05) is 18.2 Å². The number of esters is 1. The summed E-state index contributed by atoms with van der Waals surface area (Å²) in [6.07, 6.45) is 1.57. The van der Waals surface area contributed by atoms with E-state index >= 15 is 0 Å². The van der Waals surface area contributed by atoms with Crippen molar-refractivity contribution in [2.75, 3.05) is 0 Å². The summed E-state index contributed by atoms with van der Waals surface area (Å²) in [5.74, 6) is -0.547. The summed E-state index contributed by atoms with van der Waals surface area (Å²) < 4.78 is 19.1. The van der Waals surface area contributed by atoms with Crippen molar-refractivity contribution in [3.8, 4) is 0 Å². The maximum absolute atomic E-state index is 12.9. The molecule has 2 aromatic rings. The summed E-state index contributed by atoms with van der Waals surface area (Å²) in [5.41, 5.74) is 1.64. The molecule has 21 heavy (non-hydrogen) atoms. The SMILES string of the molecule is O=C1OC(c2cccc(I)c2)=N/C1=C\c1ccc(F)cc1. The molecule has 0 unspecified atom stereocenters. The first-order valence-corrected chi connectivity index (χ1v) is 7.24. The van der Waals surface area contributed by atoms with E-state index in [1.54, 1.807) is 18.2 Å². The molecule has 0 aromatic heterocycles. The number of ether oxygens (including phenoxy) is 1. The fraction of sp³-hybridized carbons (Fsp3) is 0. The molecule has 104 valence electrons. The van der Waals surface area contributed by atoms with Crippen molar-refractivity contribution < 1.29 is 13.9 Å². The summed E-state index contributed by atoms with van der Waals surface area (Å²) >= 11 is 2.18.